The monoisotopic (exact) mass is 374 g/mol. The topological polar surface area (TPSA) is 75.3 Å². The van der Waals surface area contributed by atoms with E-state index in [4.69, 9.17) is 0 Å². The minimum absolute atomic E-state index is 0. The molecule has 7 heteroatoms. The first-order chi connectivity index (χ1) is 11.0. The van der Waals surface area contributed by atoms with Gasteiger partial charge in [-0.25, -0.2) is 8.42 Å². The average Bonchev–Trinajstić information content (AvgIpc) is 2.50. The molecule has 1 aromatic carbocycles. The summed E-state index contributed by atoms with van der Waals surface area (Å²) < 4.78 is 24.2. The fraction of sp³-hybridized carbons (Fsp3) is 0.588. The number of carbonyl (C=O) groups is 1. The van der Waals surface area contributed by atoms with E-state index in [0.717, 1.165) is 18.5 Å². The molecule has 0 bridgehead atoms. The van der Waals surface area contributed by atoms with E-state index < -0.39 is 15.6 Å². The molecule has 1 heterocycles. The second kappa shape index (κ2) is 10.0. The van der Waals surface area contributed by atoms with Gasteiger partial charge in [0.2, 0.25) is 5.91 Å². The zero-order valence-corrected chi connectivity index (χ0v) is 15.7. The zero-order chi connectivity index (χ0) is 16.7. The van der Waals surface area contributed by atoms with Crippen LogP contribution >= 0.6 is 12.4 Å². The van der Waals surface area contributed by atoms with Crippen LogP contribution in [0.25, 0.3) is 0 Å². The molecule has 136 valence electrons. The molecule has 0 radical (unpaired) electrons. The number of nitrogens with one attached hydrogen (secondary N) is 2. The first kappa shape index (κ1) is 20.9. The van der Waals surface area contributed by atoms with Gasteiger partial charge >= 0.3 is 0 Å². The van der Waals surface area contributed by atoms with Gasteiger partial charge in [-0.3, -0.25) is 4.79 Å². The molecule has 2 atom stereocenters. The van der Waals surface area contributed by atoms with Crippen molar-refractivity contribution in [2.75, 3.05) is 24.6 Å². The Morgan fingerprint density at radius 2 is 2.00 bits per heavy atom. The van der Waals surface area contributed by atoms with E-state index in [0.29, 0.717) is 25.3 Å². The number of rotatable bonds is 7. The second-order valence-electron chi connectivity index (χ2n) is 6.33. The Kier molecular flexibility index (Phi) is 8.73. The molecule has 5 nitrogen and oxygen atoms in total. The molecule has 1 aromatic rings. The third-order valence-electron chi connectivity index (χ3n) is 4.29. The van der Waals surface area contributed by atoms with Crippen LogP contribution in [0.4, 0.5) is 0 Å². The van der Waals surface area contributed by atoms with Crippen LogP contribution in [0.1, 0.15) is 25.3 Å². The van der Waals surface area contributed by atoms with Crippen molar-refractivity contribution in [2.24, 2.45) is 5.92 Å². The van der Waals surface area contributed by atoms with Gasteiger partial charge in [0.15, 0.2) is 9.84 Å². The van der Waals surface area contributed by atoms with Crippen molar-refractivity contribution in [1.82, 2.24) is 10.6 Å². The van der Waals surface area contributed by atoms with E-state index in [1.165, 1.54) is 0 Å². The number of hydrogen-bond acceptors (Lipinski definition) is 4. The van der Waals surface area contributed by atoms with Crippen LogP contribution in [0, 0.1) is 5.92 Å². The Hall–Kier alpha value is -1.11. The van der Waals surface area contributed by atoms with Gasteiger partial charge in [0.25, 0.3) is 0 Å². The zero-order valence-electron chi connectivity index (χ0n) is 14.0. The number of piperidine rings is 1. The molecule has 1 amide bonds. The lowest BCUT2D eigenvalue weighted by Crippen LogP contribution is -2.51. The summed E-state index contributed by atoms with van der Waals surface area (Å²) in [6, 6.07) is 9.81. The molecule has 2 N–H and O–H groups in total. The minimum Gasteiger partial charge on any atom is -0.351 e. The maximum Gasteiger partial charge on any atom is 0.235 e. The largest absolute Gasteiger partial charge is 0.351 e. The Balaban J connectivity index is 0.00000288. The second-order valence-corrected chi connectivity index (χ2v) is 8.51. The van der Waals surface area contributed by atoms with Gasteiger partial charge in [0, 0.05) is 12.6 Å². The number of amides is 1. The van der Waals surface area contributed by atoms with Crippen LogP contribution in [-0.2, 0) is 21.1 Å². The average molecular weight is 375 g/mol. The molecule has 24 heavy (non-hydrogen) atoms. The number of hydrogen-bond donors (Lipinski definition) is 2. The summed E-state index contributed by atoms with van der Waals surface area (Å²) in [5.74, 6) is -0.370. The number of carbonyl (C=O) groups excluding carboxylic acids is 1. The third kappa shape index (κ3) is 7.20. The highest BCUT2D eigenvalue weighted by Crippen LogP contribution is 2.11. The first-order valence-corrected chi connectivity index (χ1v) is 10.0. The fourth-order valence-corrected chi connectivity index (χ4v) is 4.06. The summed E-state index contributed by atoms with van der Waals surface area (Å²) in [6.07, 6.45) is 2.25. The standard InChI is InChI=1S/C17H26N2O3S.ClH/c1-14-9-10-18-12-16(14)19-17(20)13-23(21,22)11-5-8-15-6-3-2-4-7-15;/h2-4,6-7,14,16,18H,5,8-13H2,1H3,(H,19,20);1H. The fourth-order valence-electron chi connectivity index (χ4n) is 2.84. The third-order valence-corrected chi connectivity index (χ3v) is 5.90. The molecule has 1 aliphatic heterocycles. The van der Waals surface area contributed by atoms with Crippen molar-refractivity contribution in [3.8, 4) is 0 Å². The number of aryl methyl sites for hydroxylation is 1. The van der Waals surface area contributed by atoms with Gasteiger partial charge in [-0.1, -0.05) is 37.3 Å². The highest BCUT2D eigenvalue weighted by molar-refractivity contribution is 7.92. The van der Waals surface area contributed by atoms with Crippen LogP contribution in [0.3, 0.4) is 0 Å². The van der Waals surface area contributed by atoms with E-state index in [9.17, 15) is 13.2 Å². The summed E-state index contributed by atoms with van der Waals surface area (Å²) >= 11 is 0. The van der Waals surface area contributed by atoms with E-state index in [-0.39, 0.29) is 30.1 Å². The maximum absolute atomic E-state index is 12.1. The van der Waals surface area contributed by atoms with E-state index in [1.54, 1.807) is 0 Å². The van der Waals surface area contributed by atoms with Crippen LogP contribution < -0.4 is 10.6 Å². The molecule has 2 unspecified atom stereocenters. The van der Waals surface area contributed by atoms with Gasteiger partial charge in [-0.2, -0.15) is 0 Å². The van der Waals surface area contributed by atoms with Crippen LogP contribution in [0.2, 0.25) is 0 Å². The maximum atomic E-state index is 12.1. The molecular formula is C17H27ClN2O3S. The molecule has 0 spiro atoms. The van der Waals surface area contributed by atoms with Crippen molar-refractivity contribution in [1.29, 1.82) is 0 Å². The predicted molar refractivity (Wildman–Crippen MR) is 99.2 cm³/mol. The van der Waals surface area contributed by atoms with Gasteiger partial charge < -0.3 is 10.6 Å². The van der Waals surface area contributed by atoms with E-state index in [2.05, 4.69) is 17.6 Å². The quantitative estimate of drug-likeness (QED) is 0.759. The first-order valence-electron chi connectivity index (χ1n) is 8.21. The van der Waals surface area contributed by atoms with E-state index in [1.807, 2.05) is 30.3 Å². The molecule has 0 aromatic heterocycles. The van der Waals surface area contributed by atoms with E-state index >= 15 is 0 Å². The van der Waals surface area contributed by atoms with Crippen molar-refractivity contribution in [2.45, 2.75) is 32.2 Å². The number of benzene rings is 1. The normalized spacial score (nSPS) is 20.9. The van der Waals surface area contributed by atoms with Crippen molar-refractivity contribution < 1.29 is 13.2 Å². The molecule has 1 fully saturated rings. The number of sulfone groups is 1. The minimum atomic E-state index is -3.35. The molecule has 0 saturated carbocycles. The van der Waals surface area contributed by atoms with Crippen LogP contribution in [0.15, 0.2) is 30.3 Å². The SMILES string of the molecule is CC1CCNCC1NC(=O)CS(=O)(=O)CCCc1ccccc1.Cl. The number of halogens is 1. The summed E-state index contributed by atoms with van der Waals surface area (Å²) in [4.78, 5) is 12.0. The molecule has 0 aliphatic carbocycles. The summed E-state index contributed by atoms with van der Waals surface area (Å²) in [7, 11) is -3.35. The highest BCUT2D eigenvalue weighted by atomic mass is 35.5. The van der Waals surface area contributed by atoms with Gasteiger partial charge in [0.1, 0.15) is 5.75 Å². The molecule has 1 aliphatic rings. The highest BCUT2D eigenvalue weighted by Gasteiger charge is 2.24. The van der Waals surface area contributed by atoms with Gasteiger partial charge in [-0.05, 0) is 37.3 Å². The Labute approximate surface area is 150 Å². The van der Waals surface area contributed by atoms with Crippen LogP contribution in [-0.4, -0.2) is 45.0 Å². The van der Waals surface area contributed by atoms with Crippen molar-refractivity contribution in [3.05, 3.63) is 35.9 Å². The lowest BCUT2D eigenvalue weighted by Gasteiger charge is -2.30. The molecular weight excluding hydrogens is 348 g/mol. The Morgan fingerprint density at radius 3 is 2.67 bits per heavy atom. The Bertz CT molecular complexity index is 608. The molecule has 1 saturated heterocycles. The summed E-state index contributed by atoms with van der Waals surface area (Å²) in [5.41, 5.74) is 1.12. The Morgan fingerprint density at radius 1 is 1.29 bits per heavy atom. The smallest absolute Gasteiger partial charge is 0.235 e. The lowest BCUT2D eigenvalue weighted by atomic mass is 9.95. The summed E-state index contributed by atoms with van der Waals surface area (Å²) in [6.45, 7) is 3.74. The van der Waals surface area contributed by atoms with Crippen molar-refractivity contribution >= 4 is 28.2 Å². The summed E-state index contributed by atoms with van der Waals surface area (Å²) in [5, 5.41) is 6.07. The lowest BCUT2D eigenvalue weighted by molar-refractivity contribution is -0.119. The van der Waals surface area contributed by atoms with Gasteiger partial charge in [-0.15, -0.1) is 12.4 Å². The van der Waals surface area contributed by atoms with Crippen molar-refractivity contribution in [3.63, 3.8) is 0 Å². The van der Waals surface area contributed by atoms with Gasteiger partial charge in [0.05, 0.1) is 5.75 Å². The predicted octanol–water partition coefficient (Wildman–Crippen LogP) is 1.57. The van der Waals surface area contributed by atoms with Crippen LogP contribution in [0.5, 0.6) is 0 Å². The molecule has 2 rings (SSSR count).